The van der Waals surface area contributed by atoms with E-state index in [-0.39, 0.29) is 5.41 Å². The van der Waals surface area contributed by atoms with E-state index in [0.29, 0.717) is 6.04 Å². The van der Waals surface area contributed by atoms with Crippen LogP contribution in [0.2, 0.25) is 5.02 Å². The van der Waals surface area contributed by atoms with Crippen LogP contribution in [0.4, 0.5) is 0 Å². The maximum absolute atomic E-state index is 6.15. The normalized spacial score (nSPS) is 20.1. The summed E-state index contributed by atoms with van der Waals surface area (Å²) in [6, 6.07) is 6.56. The van der Waals surface area contributed by atoms with Crippen molar-refractivity contribution in [2.24, 2.45) is 5.41 Å². The number of hydrogen-bond donors (Lipinski definition) is 1. The zero-order chi connectivity index (χ0) is 14.2. The predicted octanol–water partition coefficient (Wildman–Crippen LogP) is 2.84. The van der Waals surface area contributed by atoms with E-state index in [1.807, 2.05) is 16.9 Å². The van der Waals surface area contributed by atoms with E-state index in [0.717, 1.165) is 24.5 Å². The topological polar surface area (TPSA) is 42.7 Å². The molecule has 1 aromatic heterocycles. The minimum Gasteiger partial charge on any atom is -0.308 e. The van der Waals surface area contributed by atoms with Crippen molar-refractivity contribution in [2.75, 3.05) is 6.54 Å². The summed E-state index contributed by atoms with van der Waals surface area (Å²) in [6.45, 7) is 6.29. The number of nitrogens with zero attached hydrogens (tertiary/aromatic N) is 3. The van der Waals surface area contributed by atoms with E-state index >= 15 is 0 Å². The number of fused-ring (bicyclic) bond motifs is 1. The fraction of sp³-hybridized carbons (Fsp3) is 0.467. The Morgan fingerprint density at radius 3 is 3.05 bits per heavy atom. The summed E-state index contributed by atoms with van der Waals surface area (Å²) in [7, 11) is 0. The van der Waals surface area contributed by atoms with Crippen molar-refractivity contribution in [1.82, 2.24) is 20.3 Å². The van der Waals surface area contributed by atoms with Gasteiger partial charge in [-0.25, -0.2) is 0 Å². The SMILES string of the molecule is CC1(C)Cc2ccc(Cl)cc2C1NCCn1ccnn1. The number of halogens is 1. The predicted molar refractivity (Wildman–Crippen MR) is 79.7 cm³/mol. The molecule has 1 aromatic carbocycles. The Morgan fingerprint density at radius 1 is 1.45 bits per heavy atom. The molecule has 1 aliphatic carbocycles. The Hall–Kier alpha value is -1.39. The summed E-state index contributed by atoms with van der Waals surface area (Å²) in [6.07, 6.45) is 4.67. The second kappa shape index (κ2) is 5.19. The van der Waals surface area contributed by atoms with Crippen molar-refractivity contribution in [3.05, 3.63) is 46.7 Å². The van der Waals surface area contributed by atoms with Crippen molar-refractivity contribution in [1.29, 1.82) is 0 Å². The minimum absolute atomic E-state index is 0.204. The molecule has 1 aliphatic rings. The van der Waals surface area contributed by atoms with Crippen LogP contribution in [0.25, 0.3) is 0 Å². The fourth-order valence-corrected chi connectivity index (χ4v) is 3.25. The fourth-order valence-electron chi connectivity index (χ4n) is 3.07. The molecule has 1 atom stereocenters. The lowest BCUT2D eigenvalue weighted by Crippen LogP contribution is -2.33. The molecule has 4 nitrogen and oxygen atoms in total. The largest absolute Gasteiger partial charge is 0.308 e. The zero-order valence-corrected chi connectivity index (χ0v) is 12.6. The van der Waals surface area contributed by atoms with Crippen molar-refractivity contribution in [2.45, 2.75) is 32.9 Å². The molecule has 1 heterocycles. The third-order valence-corrected chi connectivity index (χ3v) is 4.24. The summed E-state index contributed by atoms with van der Waals surface area (Å²) in [4.78, 5) is 0. The molecule has 0 amide bonds. The number of nitrogens with one attached hydrogen (secondary N) is 1. The van der Waals surface area contributed by atoms with Gasteiger partial charge < -0.3 is 5.32 Å². The molecule has 0 radical (unpaired) electrons. The molecule has 5 heteroatoms. The number of rotatable bonds is 4. The summed E-state index contributed by atoms with van der Waals surface area (Å²) < 4.78 is 1.84. The van der Waals surface area contributed by atoms with Crippen LogP contribution in [0.15, 0.2) is 30.6 Å². The van der Waals surface area contributed by atoms with Crippen LogP contribution >= 0.6 is 11.6 Å². The Morgan fingerprint density at radius 2 is 2.30 bits per heavy atom. The van der Waals surface area contributed by atoms with Gasteiger partial charge in [-0.2, -0.15) is 0 Å². The number of benzene rings is 1. The summed E-state index contributed by atoms with van der Waals surface area (Å²) in [5.74, 6) is 0. The molecule has 0 fully saturated rings. The van der Waals surface area contributed by atoms with Gasteiger partial charge in [-0.3, -0.25) is 4.68 Å². The molecule has 106 valence electrons. The van der Waals surface area contributed by atoms with E-state index in [1.165, 1.54) is 11.1 Å². The smallest absolute Gasteiger partial charge is 0.0692 e. The Bertz CT molecular complexity index is 592. The number of aromatic nitrogens is 3. The highest BCUT2D eigenvalue weighted by molar-refractivity contribution is 6.30. The van der Waals surface area contributed by atoms with Crippen LogP contribution < -0.4 is 5.32 Å². The molecule has 0 spiro atoms. The Balaban J connectivity index is 1.73. The van der Waals surface area contributed by atoms with Gasteiger partial charge in [-0.05, 0) is 35.1 Å². The lowest BCUT2D eigenvalue weighted by molar-refractivity contribution is 0.266. The summed E-state index contributed by atoms with van der Waals surface area (Å²) >= 11 is 6.15. The van der Waals surface area contributed by atoms with Crippen LogP contribution in [0.1, 0.15) is 31.0 Å². The highest BCUT2D eigenvalue weighted by Crippen LogP contribution is 2.45. The monoisotopic (exact) mass is 290 g/mol. The minimum atomic E-state index is 0.204. The number of hydrogen-bond acceptors (Lipinski definition) is 3. The Labute approximate surface area is 124 Å². The lowest BCUT2D eigenvalue weighted by Gasteiger charge is -2.28. The van der Waals surface area contributed by atoms with Crippen molar-refractivity contribution < 1.29 is 0 Å². The molecule has 1 N–H and O–H groups in total. The van der Waals surface area contributed by atoms with Crippen LogP contribution in [0.5, 0.6) is 0 Å². The van der Waals surface area contributed by atoms with Crippen LogP contribution in [-0.2, 0) is 13.0 Å². The standard InChI is InChI=1S/C15H19ClN4/c1-15(2)10-11-3-4-12(16)9-13(11)14(15)17-5-7-20-8-6-18-19-20/h3-4,6,8-9,14,17H,5,7,10H2,1-2H3. The highest BCUT2D eigenvalue weighted by atomic mass is 35.5. The maximum Gasteiger partial charge on any atom is 0.0692 e. The average Bonchev–Trinajstić information content (AvgIpc) is 2.97. The second-order valence-corrected chi connectivity index (χ2v) is 6.50. The molecule has 0 aliphatic heterocycles. The van der Waals surface area contributed by atoms with Gasteiger partial charge in [-0.15, -0.1) is 5.10 Å². The summed E-state index contributed by atoms with van der Waals surface area (Å²) in [5.41, 5.74) is 2.94. The molecule has 2 aromatic rings. The first kappa shape index (κ1) is 13.6. The second-order valence-electron chi connectivity index (χ2n) is 6.06. The molecule has 0 bridgehead atoms. The van der Waals surface area contributed by atoms with E-state index in [2.05, 4.69) is 41.6 Å². The first-order chi connectivity index (χ1) is 9.56. The van der Waals surface area contributed by atoms with Gasteiger partial charge in [-0.1, -0.05) is 36.7 Å². The molecule has 0 saturated carbocycles. The van der Waals surface area contributed by atoms with Gasteiger partial charge >= 0.3 is 0 Å². The zero-order valence-electron chi connectivity index (χ0n) is 11.8. The Kier molecular flexibility index (Phi) is 3.52. The maximum atomic E-state index is 6.15. The first-order valence-corrected chi connectivity index (χ1v) is 7.30. The first-order valence-electron chi connectivity index (χ1n) is 6.92. The van der Waals surface area contributed by atoms with Crippen LogP contribution in [0, 0.1) is 5.41 Å². The van der Waals surface area contributed by atoms with Gasteiger partial charge in [0.15, 0.2) is 0 Å². The molecular formula is C15H19ClN4. The molecule has 3 rings (SSSR count). The highest BCUT2D eigenvalue weighted by Gasteiger charge is 2.38. The van der Waals surface area contributed by atoms with Gasteiger partial charge in [0.05, 0.1) is 12.7 Å². The third kappa shape index (κ3) is 2.58. The third-order valence-electron chi connectivity index (χ3n) is 4.01. The molecule has 1 unspecified atom stereocenters. The van der Waals surface area contributed by atoms with Crippen LogP contribution in [-0.4, -0.2) is 21.5 Å². The molecule has 0 saturated heterocycles. The average molecular weight is 291 g/mol. The quantitative estimate of drug-likeness (QED) is 0.941. The van der Waals surface area contributed by atoms with Crippen molar-refractivity contribution >= 4 is 11.6 Å². The van der Waals surface area contributed by atoms with E-state index in [9.17, 15) is 0 Å². The molecular weight excluding hydrogens is 272 g/mol. The van der Waals surface area contributed by atoms with Crippen LogP contribution in [0.3, 0.4) is 0 Å². The molecule has 20 heavy (non-hydrogen) atoms. The van der Waals surface area contributed by atoms with E-state index < -0.39 is 0 Å². The van der Waals surface area contributed by atoms with Gasteiger partial charge in [0.25, 0.3) is 0 Å². The van der Waals surface area contributed by atoms with Gasteiger partial charge in [0.1, 0.15) is 0 Å². The van der Waals surface area contributed by atoms with Gasteiger partial charge in [0.2, 0.25) is 0 Å². The van der Waals surface area contributed by atoms with E-state index in [1.54, 1.807) is 6.20 Å². The van der Waals surface area contributed by atoms with Crippen molar-refractivity contribution in [3.63, 3.8) is 0 Å². The summed E-state index contributed by atoms with van der Waals surface area (Å²) in [5, 5.41) is 12.3. The van der Waals surface area contributed by atoms with Crippen molar-refractivity contribution in [3.8, 4) is 0 Å². The lowest BCUT2D eigenvalue weighted by atomic mass is 9.85. The van der Waals surface area contributed by atoms with Gasteiger partial charge in [0, 0.05) is 23.8 Å². The van der Waals surface area contributed by atoms with E-state index in [4.69, 9.17) is 11.6 Å².